The fourth-order valence-corrected chi connectivity index (χ4v) is 1.89. The number of aromatic nitrogens is 1. The van der Waals surface area contributed by atoms with E-state index in [4.69, 9.17) is 17.0 Å². The van der Waals surface area contributed by atoms with Crippen LogP contribution >= 0.6 is 12.2 Å². The summed E-state index contributed by atoms with van der Waals surface area (Å²) in [6, 6.07) is 10.2. The Morgan fingerprint density at radius 1 is 1.29 bits per heavy atom. The zero-order chi connectivity index (χ0) is 17.5. The van der Waals surface area contributed by atoms with Crippen molar-refractivity contribution in [2.75, 3.05) is 12.4 Å². The molecule has 1 amide bonds. The first-order chi connectivity index (χ1) is 11.5. The zero-order valence-corrected chi connectivity index (χ0v) is 13.3. The van der Waals surface area contributed by atoms with Crippen molar-refractivity contribution in [3.05, 3.63) is 58.3 Å². The van der Waals surface area contributed by atoms with Gasteiger partial charge in [-0.25, -0.2) is 4.98 Å². The average Bonchev–Trinajstić information content (AvgIpc) is 2.59. The number of ether oxygens (including phenoxy) is 1. The lowest BCUT2D eigenvalue weighted by molar-refractivity contribution is -0.386. The number of nitro groups is 1. The number of hydrogen-bond acceptors (Lipinski definition) is 6. The number of carbonyl (C=O) groups excluding carboxylic acids is 1. The largest absolute Gasteiger partial charge is 0.476 e. The number of thiocarbonyl (C=S) groups is 1. The quantitative estimate of drug-likeness (QED) is 0.434. The Morgan fingerprint density at radius 3 is 2.62 bits per heavy atom. The van der Waals surface area contributed by atoms with Gasteiger partial charge in [-0.15, -0.1) is 0 Å². The van der Waals surface area contributed by atoms with Crippen LogP contribution in [0.3, 0.4) is 0 Å². The summed E-state index contributed by atoms with van der Waals surface area (Å²) in [6.45, 7) is 0. The number of pyridine rings is 1. The van der Waals surface area contributed by atoms with E-state index < -0.39 is 16.5 Å². The van der Waals surface area contributed by atoms with Gasteiger partial charge in [0.2, 0.25) is 0 Å². The molecule has 0 fully saturated rings. The number of rotatable bonds is 4. The Balaban J connectivity index is 1.98. The van der Waals surface area contributed by atoms with Crippen LogP contribution in [0.2, 0.25) is 0 Å². The summed E-state index contributed by atoms with van der Waals surface area (Å²) in [4.78, 5) is 26.0. The van der Waals surface area contributed by atoms with E-state index in [2.05, 4.69) is 21.2 Å². The average molecular weight is 347 g/mol. The van der Waals surface area contributed by atoms with E-state index in [9.17, 15) is 14.9 Å². The highest BCUT2D eigenvalue weighted by Gasteiger charge is 2.19. The van der Waals surface area contributed by atoms with Gasteiger partial charge in [0.25, 0.3) is 11.8 Å². The highest BCUT2D eigenvalue weighted by atomic mass is 32.1. The van der Waals surface area contributed by atoms with Crippen molar-refractivity contribution < 1.29 is 14.5 Å². The number of carbonyl (C=O) groups is 1. The number of methoxy groups -OCH3 is 1. The first kappa shape index (κ1) is 17.1. The van der Waals surface area contributed by atoms with Gasteiger partial charge in [-0.05, 0) is 24.4 Å². The van der Waals surface area contributed by atoms with Crippen molar-refractivity contribution >= 4 is 34.6 Å². The van der Waals surface area contributed by atoms with Gasteiger partial charge in [0.05, 0.1) is 17.6 Å². The van der Waals surface area contributed by atoms with Crippen molar-refractivity contribution in [2.24, 2.45) is 0 Å². The van der Waals surface area contributed by atoms with Gasteiger partial charge >= 0.3 is 5.69 Å². The maximum Gasteiger partial charge on any atom is 0.331 e. The summed E-state index contributed by atoms with van der Waals surface area (Å²) in [6.07, 6.45) is 1.16. The molecule has 0 radical (unpaired) electrons. The Kier molecular flexibility index (Phi) is 5.58. The van der Waals surface area contributed by atoms with Gasteiger partial charge in [0.1, 0.15) is 0 Å². The summed E-state index contributed by atoms with van der Waals surface area (Å²) in [5.74, 6) is -0.809. The Hall–Kier alpha value is -3.27. The predicted octanol–water partition coefficient (Wildman–Crippen LogP) is 1.63. The SMILES string of the molecule is COc1ncc(C(=O)NNC(=S)Nc2ccccc2)cc1[N+](=O)[O-]. The van der Waals surface area contributed by atoms with Crippen LogP contribution in [0.4, 0.5) is 11.4 Å². The highest BCUT2D eigenvalue weighted by Crippen LogP contribution is 2.24. The first-order valence-electron chi connectivity index (χ1n) is 6.62. The third-order valence-electron chi connectivity index (χ3n) is 2.81. The molecule has 0 saturated heterocycles. The molecular weight excluding hydrogens is 334 g/mol. The van der Waals surface area contributed by atoms with Crippen LogP contribution < -0.4 is 20.9 Å². The number of nitrogens with one attached hydrogen (secondary N) is 3. The Morgan fingerprint density at radius 2 is 2.00 bits per heavy atom. The molecule has 3 N–H and O–H groups in total. The molecule has 0 unspecified atom stereocenters. The molecule has 24 heavy (non-hydrogen) atoms. The van der Waals surface area contributed by atoms with Crippen LogP contribution in [0.15, 0.2) is 42.6 Å². The molecule has 1 aromatic carbocycles. The van der Waals surface area contributed by atoms with Gasteiger partial charge in [-0.1, -0.05) is 18.2 Å². The molecule has 2 rings (SSSR count). The van der Waals surface area contributed by atoms with E-state index in [1.54, 1.807) is 12.1 Å². The molecule has 1 heterocycles. The Labute approximate surface area is 142 Å². The fraction of sp³-hybridized carbons (Fsp3) is 0.0714. The van der Waals surface area contributed by atoms with Gasteiger partial charge in [-0.3, -0.25) is 25.8 Å². The van der Waals surface area contributed by atoms with Gasteiger partial charge in [0.15, 0.2) is 5.11 Å². The minimum absolute atomic E-state index is 0.0162. The van der Waals surface area contributed by atoms with Crippen molar-refractivity contribution in [2.45, 2.75) is 0 Å². The lowest BCUT2D eigenvalue weighted by Gasteiger charge is -2.11. The van der Waals surface area contributed by atoms with E-state index in [1.807, 2.05) is 18.2 Å². The molecule has 0 atom stereocenters. The molecule has 0 saturated carbocycles. The molecule has 0 aliphatic rings. The molecule has 0 aliphatic carbocycles. The number of benzene rings is 1. The van der Waals surface area contributed by atoms with Crippen LogP contribution in [0.1, 0.15) is 10.4 Å². The Bertz CT molecular complexity index is 769. The van der Waals surface area contributed by atoms with Crippen molar-refractivity contribution in [3.8, 4) is 5.88 Å². The van der Waals surface area contributed by atoms with Crippen LogP contribution in [-0.4, -0.2) is 28.0 Å². The summed E-state index contributed by atoms with van der Waals surface area (Å²) >= 11 is 5.03. The summed E-state index contributed by atoms with van der Waals surface area (Å²) in [5.41, 5.74) is 5.14. The van der Waals surface area contributed by atoms with E-state index in [0.717, 1.165) is 18.0 Å². The number of amides is 1. The molecule has 9 nitrogen and oxygen atoms in total. The van der Waals surface area contributed by atoms with Crippen molar-refractivity contribution in [1.29, 1.82) is 0 Å². The maximum atomic E-state index is 12.0. The lowest BCUT2D eigenvalue weighted by Crippen LogP contribution is -2.43. The minimum atomic E-state index is -0.683. The number of para-hydroxylation sites is 1. The van der Waals surface area contributed by atoms with Gasteiger partial charge in [-0.2, -0.15) is 0 Å². The summed E-state index contributed by atoms with van der Waals surface area (Å²) < 4.78 is 4.78. The van der Waals surface area contributed by atoms with Crippen LogP contribution in [0.5, 0.6) is 5.88 Å². The predicted molar refractivity (Wildman–Crippen MR) is 90.7 cm³/mol. The van der Waals surface area contributed by atoms with Gasteiger partial charge in [0, 0.05) is 18.0 Å². The molecule has 2 aromatic rings. The molecule has 1 aromatic heterocycles. The monoisotopic (exact) mass is 347 g/mol. The number of anilines is 1. The van der Waals surface area contributed by atoms with E-state index in [1.165, 1.54) is 7.11 Å². The third kappa shape index (κ3) is 4.36. The highest BCUT2D eigenvalue weighted by molar-refractivity contribution is 7.80. The molecule has 0 spiro atoms. The second kappa shape index (κ2) is 7.83. The zero-order valence-electron chi connectivity index (χ0n) is 12.5. The van der Waals surface area contributed by atoms with Gasteiger partial charge < -0.3 is 10.1 Å². The third-order valence-corrected chi connectivity index (χ3v) is 3.01. The van der Waals surface area contributed by atoms with Crippen LogP contribution in [-0.2, 0) is 0 Å². The number of nitrogens with zero attached hydrogens (tertiary/aromatic N) is 2. The standard InChI is InChI=1S/C14H13N5O4S/c1-23-13-11(19(21)22)7-9(8-15-13)12(20)17-18-14(24)16-10-5-3-2-4-6-10/h2-8H,1H3,(H,17,20)(H2,16,18,24). The smallest absolute Gasteiger partial charge is 0.331 e. The van der Waals surface area contributed by atoms with Crippen molar-refractivity contribution in [3.63, 3.8) is 0 Å². The molecular formula is C14H13N5O4S. The summed E-state index contributed by atoms with van der Waals surface area (Å²) in [7, 11) is 1.25. The van der Waals surface area contributed by atoms with Crippen LogP contribution in [0.25, 0.3) is 0 Å². The fourth-order valence-electron chi connectivity index (χ4n) is 1.72. The molecule has 124 valence electrons. The summed E-state index contributed by atoms with van der Waals surface area (Å²) in [5, 5.41) is 13.9. The topological polar surface area (TPSA) is 118 Å². The number of hydrazine groups is 1. The van der Waals surface area contributed by atoms with E-state index >= 15 is 0 Å². The van der Waals surface area contributed by atoms with E-state index in [-0.39, 0.29) is 16.6 Å². The molecule has 0 aliphatic heterocycles. The molecule has 10 heteroatoms. The first-order valence-corrected chi connectivity index (χ1v) is 7.03. The normalized spacial score (nSPS) is 9.71. The lowest BCUT2D eigenvalue weighted by atomic mass is 10.2. The van der Waals surface area contributed by atoms with E-state index in [0.29, 0.717) is 0 Å². The van der Waals surface area contributed by atoms with Crippen molar-refractivity contribution in [1.82, 2.24) is 15.8 Å². The second-order valence-corrected chi connectivity index (χ2v) is 4.82. The minimum Gasteiger partial charge on any atom is -0.476 e. The maximum absolute atomic E-state index is 12.0. The number of hydrogen-bond donors (Lipinski definition) is 3. The van der Waals surface area contributed by atoms with Crippen LogP contribution in [0, 0.1) is 10.1 Å². The molecule has 0 bridgehead atoms. The second-order valence-electron chi connectivity index (χ2n) is 4.41.